The summed E-state index contributed by atoms with van der Waals surface area (Å²) in [6, 6.07) is 1.82. The van der Waals surface area contributed by atoms with Crippen LogP contribution in [0.1, 0.15) is 19.2 Å². The molecule has 0 aliphatic heterocycles. The highest BCUT2D eigenvalue weighted by atomic mass is 15.3. The second-order valence-electron chi connectivity index (χ2n) is 3.85. The Kier molecular flexibility index (Phi) is 3.34. The van der Waals surface area contributed by atoms with Crippen LogP contribution in [0, 0.1) is 0 Å². The van der Waals surface area contributed by atoms with Gasteiger partial charge in [0.05, 0.1) is 11.9 Å². The van der Waals surface area contributed by atoms with E-state index in [1.807, 2.05) is 19.3 Å². The zero-order valence-corrected chi connectivity index (χ0v) is 10.0. The van der Waals surface area contributed by atoms with Gasteiger partial charge in [-0.3, -0.25) is 4.68 Å². The summed E-state index contributed by atoms with van der Waals surface area (Å²) < 4.78 is 1.74. The van der Waals surface area contributed by atoms with Gasteiger partial charge in [0.25, 0.3) is 0 Å². The maximum atomic E-state index is 5.41. The molecule has 6 nitrogen and oxygen atoms in total. The first kappa shape index (κ1) is 11.5. The van der Waals surface area contributed by atoms with Crippen molar-refractivity contribution < 1.29 is 0 Å². The third kappa shape index (κ3) is 2.59. The van der Waals surface area contributed by atoms with Crippen molar-refractivity contribution in [1.82, 2.24) is 19.7 Å². The number of aryl methyl sites for hydroxylation is 2. The topological polar surface area (TPSA) is 81.6 Å². The van der Waals surface area contributed by atoms with Crippen molar-refractivity contribution >= 4 is 5.82 Å². The monoisotopic (exact) mass is 232 g/mol. The molecule has 0 amide bonds. The second kappa shape index (κ2) is 4.92. The van der Waals surface area contributed by atoms with Crippen molar-refractivity contribution in [2.75, 3.05) is 5.43 Å². The SMILES string of the molecule is CCCc1nc(NN)cc(-c2cnn(C)c2)n1. The van der Waals surface area contributed by atoms with Gasteiger partial charge >= 0.3 is 0 Å². The summed E-state index contributed by atoms with van der Waals surface area (Å²) in [5.41, 5.74) is 4.36. The molecule has 0 radical (unpaired) electrons. The fourth-order valence-corrected chi connectivity index (χ4v) is 1.61. The molecule has 0 aromatic carbocycles. The summed E-state index contributed by atoms with van der Waals surface area (Å²) in [6.45, 7) is 2.09. The van der Waals surface area contributed by atoms with E-state index in [2.05, 4.69) is 27.4 Å². The quantitative estimate of drug-likeness (QED) is 0.609. The Morgan fingerprint density at radius 2 is 2.24 bits per heavy atom. The van der Waals surface area contributed by atoms with E-state index in [1.165, 1.54) is 0 Å². The highest BCUT2D eigenvalue weighted by Crippen LogP contribution is 2.19. The Labute approximate surface area is 99.9 Å². The van der Waals surface area contributed by atoms with E-state index in [4.69, 9.17) is 5.84 Å². The third-order valence-electron chi connectivity index (χ3n) is 2.39. The molecular formula is C11H16N6. The lowest BCUT2D eigenvalue weighted by Crippen LogP contribution is -2.10. The number of nitrogens with two attached hydrogens (primary N) is 1. The first-order valence-electron chi connectivity index (χ1n) is 5.56. The van der Waals surface area contributed by atoms with Gasteiger partial charge in [0.15, 0.2) is 0 Å². The van der Waals surface area contributed by atoms with Crippen LogP contribution in [0.5, 0.6) is 0 Å². The molecule has 90 valence electrons. The third-order valence-corrected chi connectivity index (χ3v) is 2.39. The number of nitrogen functional groups attached to an aromatic ring is 1. The van der Waals surface area contributed by atoms with Crippen LogP contribution in [0.15, 0.2) is 18.5 Å². The number of hydrogen-bond donors (Lipinski definition) is 2. The summed E-state index contributed by atoms with van der Waals surface area (Å²) in [5.74, 6) is 6.83. The van der Waals surface area contributed by atoms with Crippen molar-refractivity contribution in [3.05, 3.63) is 24.3 Å². The lowest BCUT2D eigenvalue weighted by Gasteiger charge is -2.05. The molecule has 6 heteroatoms. The Morgan fingerprint density at radius 3 is 2.82 bits per heavy atom. The van der Waals surface area contributed by atoms with Crippen LogP contribution in [0.25, 0.3) is 11.3 Å². The maximum Gasteiger partial charge on any atom is 0.144 e. The zero-order chi connectivity index (χ0) is 12.3. The van der Waals surface area contributed by atoms with Crippen molar-refractivity contribution in [3.63, 3.8) is 0 Å². The number of hydrogen-bond acceptors (Lipinski definition) is 5. The summed E-state index contributed by atoms with van der Waals surface area (Å²) in [7, 11) is 1.87. The van der Waals surface area contributed by atoms with Gasteiger partial charge in [-0.05, 0) is 6.42 Å². The fraction of sp³-hybridized carbons (Fsp3) is 0.364. The normalized spacial score (nSPS) is 10.5. The molecule has 0 unspecified atom stereocenters. The Bertz CT molecular complexity index is 504. The van der Waals surface area contributed by atoms with Crippen LogP contribution in [0.4, 0.5) is 5.82 Å². The summed E-state index contributed by atoms with van der Waals surface area (Å²) in [6.07, 6.45) is 5.53. The predicted molar refractivity (Wildman–Crippen MR) is 66.0 cm³/mol. The molecular weight excluding hydrogens is 216 g/mol. The van der Waals surface area contributed by atoms with Gasteiger partial charge in [-0.1, -0.05) is 6.92 Å². The van der Waals surface area contributed by atoms with Crippen molar-refractivity contribution in [2.24, 2.45) is 12.9 Å². The van der Waals surface area contributed by atoms with Gasteiger partial charge in [0, 0.05) is 31.3 Å². The molecule has 2 heterocycles. The fourth-order valence-electron chi connectivity index (χ4n) is 1.61. The summed E-state index contributed by atoms with van der Waals surface area (Å²) in [5, 5.41) is 4.13. The number of nitrogens with one attached hydrogen (secondary N) is 1. The minimum absolute atomic E-state index is 0.627. The van der Waals surface area contributed by atoms with Crippen LogP contribution in [-0.2, 0) is 13.5 Å². The second-order valence-corrected chi connectivity index (χ2v) is 3.85. The minimum Gasteiger partial charge on any atom is -0.308 e. The van der Waals surface area contributed by atoms with E-state index in [0.717, 1.165) is 29.9 Å². The van der Waals surface area contributed by atoms with Crippen LogP contribution in [0.2, 0.25) is 0 Å². The van der Waals surface area contributed by atoms with E-state index in [-0.39, 0.29) is 0 Å². The highest BCUT2D eigenvalue weighted by molar-refractivity contribution is 5.60. The molecule has 0 fully saturated rings. The molecule has 17 heavy (non-hydrogen) atoms. The van der Waals surface area contributed by atoms with E-state index in [1.54, 1.807) is 10.9 Å². The first-order valence-corrected chi connectivity index (χ1v) is 5.56. The number of rotatable bonds is 4. The lowest BCUT2D eigenvalue weighted by molar-refractivity contribution is 0.768. The average molecular weight is 232 g/mol. The molecule has 0 saturated heterocycles. The molecule has 2 rings (SSSR count). The average Bonchev–Trinajstić information content (AvgIpc) is 2.76. The van der Waals surface area contributed by atoms with Crippen LogP contribution in [-0.4, -0.2) is 19.7 Å². The Balaban J connectivity index is 2.42. The number of anilines is 1. The van der Waals surface area contributed by atoms with Gasteiger partial charge in [-0.25, -0.2) is 15.8 Å². The lowest BCUT2D eigenvalue weighted by atomic mass is 10.2. The van der Waals surface area contributed by atoms with Gasteiger partial charge in [0.2, 0.25) is 0 Å². The van der Waals surface area contributed by atoms with E-state index >= 15 is 0 Å². The minimum atomic E-state index is 0.627. The van der Waals surface area contributed by atoms with Gasteiger partial charge < -0.3 is 5.43 Å². The first-order chi connectivity index (χ1) is 8.22. The molecule has 0 bridgehead atoms. The van der Waals surface area contributed by atoms with Crippen LogP contribution in [0.3, 0.4) is 0 Å². The maximum absolute atomic E-state index is 5.41. The van der Waals surface area contributed by atoms with Gasteiger partial charge in [0.1, 0.15) is 11.6 Å². The summed E-state index contributed by atoms with van der Waals surface area (Å²) in [4.78, 5) is 8.79. The van der Waals surface area contributed by atoms with Crippen molar-refractivity contribution in [2.45, 2.75) is 19.8 Å². The van der Waals surface area contributed by atoms with Crippen LogP contribution >= 0.6 is 0 Å². The Morgan fingerprint density at radius 1 is 1.41 bits per heavy atom. The smallest absolute Gasteiger partial charge is 0.144 e. The van der Waals surface area contributed by atoms with Crippen molar-refractivity contribution in [1.29, 1.82) is 0 Å². The molecule has 2 aromatic heterocycles. The van der Waals surface area contributed by atoms with Gasteiger partial charge in [-0.15, -0.1) is 0 Å². The zero-order valence-electron chi connectivity index (χ0n) is 10.0. The number of nitrogens with zero attached hydrogens (tertiary/aromatic N) is 4. The number of hydrazine groups is 1. The van der Waals surface area contributed by atoms with E-state index < -0.39 is 0 Å². The molecule has 0 aliphatic rings. The Hall–Kier alpha value is -1.95. The standard InChI is InChI=1S/C11H16N6/c1-3-4-10-14-9(5-11(15-10)16-12)8-6-13-17(2)7-8/h5-7H,3-4,12H2,1-2H3,(H,14,15,16). The molecule has 0 spiro atoms. The highest BCUT2D eigenvalue weighted by Gasteiger charge is 2.07. The molecule has 0 saturated carbocycles. The predicted octanol–water partition coefficient (Wildman–Crippen LogP) is 1.12. The molecule has 2 aromatic rings. The van der Waals surface area contributed by atoms with E-state index in [9.17, 15) is 0 Å². The molecule has 3 N–H and O–H groups in total. The van der Waals surface area contributed by atoms with Crippen LogP contribution < -0.4 is 11.3 Å². The largest absolute Gasteiger partial charge is 0.308 e. The van der Waals surface area contributed by atoms with Gasteiger partial charge in [-0.2, -0.15) is 5.10 Å². The summed E-state index contributed by atoms with van der Waals surface area (Å²) >= 11 is 0. The molecule has 0 aliphatic carbocycles. The van der Waals surface area contributed by atoms with E-state index in [0.29, 0.717) is 5.82 Å². The molecule has 0 atom stereocenters. The van der Waals surface area contributed by atoms with Crippen molar-refractivity contribution in [3.8, 4) is 11.3 Å². The number of aromatic nitrogens is 4.